The number of rotatable bonds is 4. The number of benzene rings is 1. The van der Waals surface area contributed by atoms with E-state index in [1.54, 1.807) is 32.5 Å². The maximum absolute atomic E-state index is 12.7. The smallest absolute Gasteiger partial charge is 0.316 e. The van der Waals surface area contributed by atoms with E-state index in [-0.39, 0.29) is 5.76 Å². The highest BCUT2D eigenvalue weighted by atomic mass is 28.3. The summed E-state index contributed by atoms with van der Waals surface area (Å²) in [6.07, 6.45) is 0. The number of nitriles is 1. The minimum atomic E-state index is -1.46. The van der Waals surface area contributed by atoms with Crippen molar-refractivity contribution < 1.29 is 9.53 Å². The summed E-state index contributed by atoms with van der Waals surface area (Å²) in [5.41, 5.74) is 2.72. The second kappa shape index (κ2) is 8.00. The van der Waals surface area contributed by atoms with E-state index in [1.165, 1.54) is 5.19 Å². The minimum absolute atomic E-state index is 0.258. The van der Waals surface area contributed by atoms with Gasteiger partial charge >= 0.3 is 5.97 Å². The van der Waals surface area contributed by atoms with Crippen LogP contribution in [0.4, 0.5) is 0 Å². The maximum atomic E-state index is 12.7. The first-order valence-corrected chi connectivity index (χ1v) is 13.3. The normalized spacial score (nSPS) is 13.0. The Morgan fingerprint density at radius 3 is 2.07 bits per heavy atom. The average molecular weight is 410 g/mol. The van der Waals surface area contributed by atoms with Gasteiger partial charge in [0.05, 0.1) is 19.2 Å². The topological polar surface area (TPSA) is 67.9 Å². The van der Waals surface area contributed by atoms with Gasteiger partial charge in [-0.15, -0.1) is 0 Å². The minimum Gasteiger partial charge on any atom is -0.422 e. The largest absolute Gasteiger partial charge is 0.422 e. The first-order chi connectivity index (χ1) is 13.3. The predicted molar refractivity (Wildman–Crippen MR) is 120 cm³/mol. The van der Waals surface area contributed by atoms with Crippen LogP contribution in [0.3, 0.4) is 0 Å². The Morgan fingerprint density at radius 2 is 1.69 bits per heavy atom. The Labute approximate surface area is 175 Å². The van der Waals surface area contributed by atoms with Gasteiger partial charge in [0.2, 0.25) is 0 Å². The molecule has 0 spiro atoms. The number of carbonyl (C=O) groups is 1. The fraction of sp³-hybridized carbons (Fsp3) is 0.435. The highest BCUT2D eigenvalue weighted by molar-refractivity contribution is 6.88. The van der Waals surface area contributed by atoms with Gasteiger partial charge in [-0.3, -0.25) is 9.48 Å². The van der Waals surface area contributed by atoms with Crippen molar-refractivity contribution >= 4 is 30.6 Å². The van der Waals surface area contributed by atoms with Crippen LogP contribution in [0.5, 0.6) is 0 Å². The van der Waals surface area contributed by atoms with E-state index in [4.69, 9.17) is 4.74 Å². The molecule has 5 nitrogen and oxygen atoms in total. The summed E-state index contributed by atoms with van der Waals surface area (Å²) in [5, 5.41) is 15.8. The van der Waals surface area contributed by atoms with Crippen LogP contribution in [0.2, 0.25) is 19.6 Å². The lowest BCUT2D eigenvalue weighted by atomic mass is 9.97. The highest BCUT2D eigenvalue weighted by Gasteiger charge is 2.29. The summed E-state index contributed by atoms with van der Waals surface area (Å²) in [4.78, 5) is 12.7. The van der Waals surface area contributed by atoms with Crippen LogP contribution in [0, 0.1) is 30.6 Å². The quantitative estimate of drug-likeness (QED) is 0.321. The summed E-state index contributed by atoms with van der Waals surface area (Å²) < 4.78 is 7.52. The van der Waals surface area contributed by atoms with E-state index >= 15 is 0 Å². The van der Waals surface area contributed by atoms with Crippen molar-refractivity contribution in [1.82, 2.24) is 9.78 Å². The summed E-state index contributed by atoms with van der Waals surface area (Å²) >= 11 is 0. The van der Waals surface area contributed by atoms with Crippen molar-refractivity contribution in [3.8, 4) is 6.07 Å². The van der Waals surface area contributed by atoms with Gasteiger partial charge in [-0.1, -0.05) is 49.1 Å². The van der Waals surface area contributed by atoms with Gasteiger partial charge in [0.1, 0.15) is 17.3 Å². The molecule has 0 N–H and O–H groups in total. The lowest BCUT2D eigenvalue weighted by Crippen LogP contribution is -2.37. The summed E-state index contributed by atoms with van der Waals surface area (Å²) in [6, 6.07) is 10.3. The van der Waals surface area contributed by atoms with Crippen LogP contribution in [-0.4, -0.2) is 23.8 Å². The molecule has 0 fully saturated rings. The number of hydrogen-bond acceptors (Lipinski definition) is 4. The molecule has 2 aromatic rings. The van der Waals surface area contributed by atoms with E-state index in [0.29, 0.717) is 11.3 Å². The number of aryl methyl sites for hydroxylation is 2. The molecule has 0 aliphatic heterocycles. The van der Waals surface area contributed by atoms with Gasteiger partial charge in [-0.25, -0.2) is 0 Å². The molecular formula is C23H31N3O2Si. The van der Waals surface area contributed by atoms with Gasteiger partial charge in [0.25, 0.3) is 0 Å². The lowest BCUT2D eigenvalue weighted by Gasteiger charge is -2.20. The lowest BCUT2D eigenvalue weighted by molar-refractivity contribution is -0.145. The van der Waals surface area contributed by atoms with Crippen molar-refractivity contribution in [3.05, 3.63) is 46.8 Å². The standard InChI is InChI=1S/C23H31N3O2Si/c1-15-16(2)25-26(6)20(15)21(28-22(27)23(3,4)5)19(14-24)17-10-12-18(13-11-17)29(7,8)9/h10-13H,1-9H3/b21-19+. The predicted octanol–water partition coefficient (Wildman–Crippen LogP) is 4.56. The first-order valence-electron chi connectivity index (χ1n) is 9.75. The monoisotopic (exact) mass is 409 g/mol. The number of allylic oxidation sites excluding steroid dienone is 1. The SMILES string of the molecule is Cc1nn(C)c(/C(OC(=O)C(C)(C)C)=C(/C#N)c2ccc([Si](C)(C)C)cc2)c1C. The maximum Gasteiger partial charge on any atom is 0.316 e. The van der Waals surface area contributed by atoms with E-state index in [2.05, 4.69) is 42.9 Å². The molecule has 29 heavy (non-hydrogen) atoms. The molecule has 0 radical (unpaired) electrons. The highest BCUT2D eigenvalue weighted by Crippen LogP contribution is 2.32. The third kappa shape index (κ3) is 4.85. The first kappa shape index (κ1) is 22.6. The second-order valence-corrected chi connectivity index (χ2v) is 14.5. The van der Waals surface area contributed by atoms with Gasteiger partial charge in [-0.05, 0) is 40.2 Å². The molecular weight excluding hydrogens is 378 g/mol. The fourth-order valence-electron chi connectivity index (χ4n) is 2.93. The number of hydrogen-bond donors (Lipinski definition) is 0. The molecule has 6 heteroatoms. The summed E-state index contributed by atoms with van der Waals surface area (Å²) in [5.74, 6) is -0.133. The van der Waals surface area contributed by atoms with E-state index < -0.39 is 19.5 Å². The Balaban J connectivity index is 2.73. The Morgan fingerprint density at radius 1 is 1.14 bits per heavy atom. The molecule has 0 amide bonds. The molecule has 0 bridgehead atoms. The van der Waals surface area contributed by atoms with Crippen LogP contribution in [0.15, 0.2) is 24.3 Å². The van der Waals surface area contributed by atoms with Crippen molar-refractivity contribution in [2.24, 2.45) is 12.5 Å². The van der Waals surface area contributed by atoms with Crippen LogP contribution in [0.1, 0.15) is 43.3 Å². The molecule has 1 heterocycles. The van der Waals surface area contributed by atoms with Gasteiger partial charge in [-0.2, -0.15) is 10.4 Å². The number of nitrogens with zero attached hydrogens (tertiary/aromatic N) is 3. The molecule has 0 aliphatic rings. The molecule has 2 rings (SSSR count). The van der Waals surface area contributed by atoms with Crippen molar-refractivity contribution in [2.45, 2.75) is 54.3 Å². The van der Waals surface area contributed by atoms with E-state index in [0.717, 1.165) is 16.8 Å². The zero-order chi connectivity index (χ0) is 22.1. The van der Waals surface area contributed by atoms with Gasteiger partial charge < -0.3 is 4.74 Å². The molecule has 0 saturated carbocycles. The third-order valence-electron chi connectivity index (χ3n) is 4.92. The number of carbonyl (C=O) groups excluding carboxylic acids is 1. The zero-order valence-corrected chi connectivity index (χ0v) is 20.0. The number of esters is 1. The molecule has 1 aromatic carbocycles. The molecule has 1 aromatic heterocycles. The second-order valence-electron chi connectivity index (χ2n) is 9.47. The number of ether oxygens (including phenoxy) is 1. The van der Waals surface area contributed by atoms with Crippen molar-refractivity contribution in [3.63, 3.8) is 0 Å². The Hall–Kier alpha value is -2.65. The molecule has 0 atom stereocenters. The Bertz CT molecular complexity index is 995. The third-order valence-corrected chi connectivity index (χ3v) is 6.99. The summed E-state index contributed by atoms with van der Waals surface area (Å²) in [7, 11) is 0.339. The Kier molecular flexibility index (Phi) is 6.24. The van der Waals surface area contributed by atoms with Crippen molar-refractivity contribution in [1.29, 1.82) is 5.26 Å². The van der Waals surface area contributed by atoms with Crippen LogP contribution >= 0.6 is 0 Å². The summed E-state index contributed by atoms with van der Waals surface area (Å²) in [6.45, 7) is 16.0. The van der Waals surface area contributed by atoms with Gasteiger partial charge in [0, 0.05) is 12.6 Å². The van der Waals surface area contributed by atoms with Gasteiger partial charge in [0.15, 0.2) is 5.76 Å². The average Bonchev–Trinajstić information content (AvgIpc) is 2.85. The van der Waals surface area contributed by atoms with Crippen LogP contribution in [-0.2, 0) is 16.6 Å². The van der Waals surface area contributed by atoms with E-state index in [9.17, 15) is 10.1 Å². The number of aromatic nitrogens is 2. The van der Waals surface area contributed by atoms with Crippen LogP contribution in [0.25, 0.3) is 11.3 Å². The molecule has 0 saturated heterocycles. The molecule has 0 unspecified atom stereocenters. The van der Waals surface area contributed by atoms with Crippen molar-refractivity contribution in [2.75, 3.05) is 0 Å². The molecule has 154 valence electrons. The van der Waals surface area contributed by atoms with E-state index in [1.807, 2.05) is 26.0 Å². The fourth-order valence-corrected chi connectivity index (χ4v) is 4.09. The molecule has 0 aliphatic carbocycles. The zero-order valence-electron chi connectivity index (χ0n) is 19.0. The van der Waals surface area contributed by atoms with Crippen LogP contribution < -0.4 is 5.19 Å².